The third-order valence-corrected chi connectivity index (χ3v) is 10.0. The lowest BCUT2D eigenvalue weighted by Gasteiger charge is -2.32. The topological polar surface area (TPSA) is 65.0 Å². The van der Waals surface area contributed by atoms with Crippen molar-refractivity contribution in [2.24, 2.45) is 0 Å². The monoisotopic (exact) mass is 719 g/mol. The molecule has 2 atom stereocenters. The molecule has 0 heterocycles. The molecule has 292 valence electrons. The van der Waals surface area contributed by atoms with Crippen LogP contribution < -0.4 is 0 Å². The summed E-state index contributed by atoms with van der Waals surface area (Å²) in [5.41, 5.74) is 0.322. The predicted octanol–water partition coefficient (Wildman–Crippen LogP) is 12.8. The number of hydrogen-bond donors (Lipinski definition) is 1. The van der Waals surface area contributed by atoms with Crippen molar-refractivity contribution in [3.8, 4) is 0 Å². The molecule has 5 heteroatoms. The standard InChI is InChI=1S/C47H74O5/c1-4-7-9-11-13-15-17-19-27-36-46(49,41-50-39-43-30-23-21-24-31-43)37-29-34-45(48)52-47(35-6-3,42-51-40-44-32-25-22-26-33-44)38-28-20-18-16-14-12-10-8-5-2/h6,21-26,29-34,49H,3-5,7-20,27-28,35-42H2,1-2H3/b34-29+/t46-,47+/m1/s1. The molecule has 0 aromatic heterocycles. The van der Waals surface area contributed by atoms with E-state index in [1.165, 1.54) is 96.0 Å². The molecule has 2 aromatic carbocycles. The van der Waals surface area contributed by atoms with Gasteiger partial charge in [0.1, 0.15) is 5.60 Å². The Bertz CT molecular complexity index is 1160. The molecule has 0 bridgehead atoms. The summed E-state index contributed by atoms with van der Waals surface area (Å²) in [6.45, 7) is 9.93. The molecule has 0 spiro atoms. The number of carbonyl (C=O) groups is 1. The lowest BCUT2D eigenvalue weighted by atomic mass is 9.92. The summed E-state index contributed by atoms with van der Waals surface area (Å²) >= 11 is 0. The summed E-state index contributed by atoms with van der Waals surface area (Å²) in [5, 5.41) is 11.7. The normalized spacial score (nSPS) is 13.9. The van der Waals surface area contributed by atoms with Crippen molar-refractivity contribution >= 4 is 5.97 Å². The van der Waals surface area contributed by atoms with E-state index in [1.54, 1.807) is 6.08 Å². The van der Waals surface area contributed by atoms with Gasteiger partial charge in [0.25, 0.3) is 0 Å². The van der Waals surface area contributed by atoms with Crippen LogP contribution in [0.15, 0.2) is 85.5 Å². The first kappa shape index (κ1) is 45.4. The Kier molecular flexibility index (Phi) is 25.9. The highest BCUT2D eigenvalue weighted by atomic mass is 16.6. The summed E-state index contributed by atoms with van der Waals surface area (Å²) in [6.07, 6.45) is 29.3. The van der Waals surface area contributed by atoms with E-state index in [9.17, 15) is 9.90 Å². The number of benzene rings is 2. The summed E-state index contributed by atoms with van der Waals surface area (Å²) in [6, 6.07) is 20.1. The van der Waals surface area contributed by atoms with Gasteiger partial charge in [0.2, 0.25) is 0 Å². The van der Waals surface area contributed by atoms with E-state index in [1.807, 2.05) is 66.7 Å². The zero-order valence-corrected chi connectivity index (χ0v) is 33.2. The van der Waals surface area contributed by atoms with Crippen molar-refractivity contribution in [1.82, 2.24) is 0 Å². The van der Waals surface area contributed by atoms with Crippen molar-refractivity contribution < 1.29 is 24.1 Å². The Hall–Kier alpha value is -2.73. The summed E-state index contributed by atoms with van der Waals surface area (Å²) in [7, 11) is 0. The van der Waals surface area contributed by atoms with Crippen LogP contribution in [0.25, 0.3) is 0 Å². The van der Waals surface area contributed by atoms with Crippen LogP contribution in [0, 0.1) is 0 Å². The molecule has 0 aliphatic carbocycles. The molecule has 0 amide bonds. The van der Waals surface area contributed by atoms with Gasteiger partial charge >= 0.3 is 5.97 Å². The smallest absolute Gasteiger partial charge is 0.331 e. The molecule has 0 saturated carbocycles. The van der Waals surface area contributed by atoms with E-state index in [0.717, 1.165) is 43.2 Å². The van der Waals surface area contributed by atoms with Gasteiger partial charge in [-0.2, -0.15) is 0 Å². The number of ether oxygens (including phenoxy) is 3. The van der Waals surface area contributed by atoms with E-state index >= 15 is 0 Å². The van der Waals surface area contributed by atoms with E-state index in [0.29, 0.717) is 39.1 Å². The van der Waals surface area contributed by atoms with Crippen molar-refractivity contribution in [3.05, 3.63) is 96.6 Å². The fourth-order valence-electron chi connectivity index (χ4n) is 6.86. The maximum atomic E-state index is 13.4. The van der Waals surface area contributed by atoms with Crippen LogP contribution in [0.2, 0.25) is 0 Å². The van der Waals surface area contributed by atoms with Gasteiger partial charge in [0, 0.05) is 12.5 Å². The van der Waals surface area contributed by atoms with Crippen molar-refractivity contribution in [1.29, 1.82) is 0 Å². The third-order valence-electron chi connectivity index (χ3n) is 10.0. The molecular weight excluding hydrogens is 645 g/mol. The number of aliphatic hydroxyl groups is 1. The number of carbonyl (C=O) groups excluding carboxylic acids is 1. The van der Waals surface area contributed by atoms with Crippen LogP contribution in [0.3, 0.4) is 0 Å². The molecule has 5 nitrogen and oxygen atoms in total. The molecule has 0 unspecified atom stereocenters. The molecule has 1 N–H and O–H groups in total. The van der Waals surface area contributed by atoms with Crippen molar-refractivity contribution in [2.75, 3.05) is 13.2 Å². The van der Waals surface area contributed by atoms with Gasteiger partial charge in [-0.25, -0.2) is 4.79 Å². The minimum absolute atomic E-state index is 0.213. The summed E-state index contributed by atoms with van der Waals surface area (Å²) < 4.78 is 18.5. The highest BCUT2D eigenvalue weighted by molar-refractivity contribution is 5.82. The quantitative estimate of drug-likeness (QED) is 0.0338. The van der Waals surface area contributed by atoms with E-state index in [2.05, 4.69) is 20.4 Å². The van der Waals surface area contributed by atoms with Gasteiger partial charge in [-0.15, -0.1) is 6.58 Å². The van der Waals surface area contributed by atoms with Crippen molar-refractivity contribution in [3.63, 3.8) is 0 Å². The number of unbranched alkanes of at least 4 members (excludes halogenated alkanes) is 16. The summed E-state index contributed by atoms with van der Waals surface area (Å²) in [4.78, 5) is 13.4. The van der Waals surface area contributed by atoms with Gasteiger partial charge in [-0.1, -0.05) is 196 Å². The van der Waals surface area contributed by atoms with Gasteiger partial charge < -0.3 is 19.3 Å². The summed E-state index contributed by atoms with van der Waals surface area (Å²) in [5.74, 6) is -0.406. The lowest BCUT2D eigenvalue weighted by molar-refractivity contribution is -0.162. The van der Waals surface area contributed by atoms with Crippen LogP contribution in [0.1, 0.15) is 166 Å². The number of hydrogen-bond acceptors (Lipinski definition) is 5. The second kappa shape index (κ2) is 29.7. The first-order valence-corrected chi connectivity index (χ1v) is 20.9. The maximum absolute atomic E-state index is 13.4. The third kappa shape index (κ3) is 22.4. The fraction of sp³-hybridized carbons (Fsp3) is 0.638. The molecule has 2 rings (SSSR count). The van der Waals surface area contributed by atoms with E-state index in [-0.39, 0.29) is 6.61 Å². The Morgan fingerprint density at radius 1 is 0.615 bits per heavy atom. The first-order valence-electron chi connectivity index (χ1n) is 20.9. The van der Waals surface area contributed by atoms with Crippen LogP contribution in [0.5, 0.6) is 0 Å². The molecule has 0 saturated heterocycles. The second-order valence-electron chi connectivity index (χ2n) is 15.0. The minimum atomic E-state index is -1.06. The molecule has 52 heavy (non-hydrogen) atoms. The van der Waals surface area contributed by atoms with Gasteiger partial charge in [-0.3, -0.25) is 0 Å². The molecule has 2 aromatic rings. The zero-order valence-electron chi connectivity index (χ0n) is 33.2. The largest absolute Gasteiger partial charge is 0.453 e. The Labute approximate surface area is 318 Å². The minimum Gasteiger partial charge on any atom is -0.453 e. The van der Waals surface area contributed by atoms with Gasteiger partial charge in [0.15, 0.2) is 0 Å². The first-order chi connectivity index (χ1) is 25.4. The highest BCUT2D eigenvalue weighted by Crippen LogP contribution is 2.28. The van der Waals surface area contributed by atoms with Gasteiger partial charge in [-0.05, 0) is 36.8 Å². The fourth-order valence-corrected chi connectivity index (χ4v) is 6.86. The Balaban J connectivity index is 1.99. The molecule has 0 fully saturated rings. The average Bonchev–Trinajstić information content (AvgIpc) is 3.14. The second-order valence-corrected chi connectivity index (χ2v) is 15.0. The van der Waals surface area contributed by atoms with Crippen LogP contribution in [0.4, 0.5) is 0 Å². The zero-order chi connectivity index (χ0) is 37.4. The molecule has 0 aliphatic rings. The highest BCUT2D eigenvalue weighted by Gasteiger charge is 2.33. The van der Waals surface area contributed by atoms with Gasteiger partial charge in [0.05, 0.1) is 32.0 Å². The van der Waals surface area contributed by atoms with E-state index in [4.69, 9.17) is 14.2 Å². The predicted molar refractivity (Wildman–Crippen MR) is 218 cm³/mol. The maximum Gasteiger partial charge on any atom is 0.331 e. The number of rotatable bonds is 34. The van der Waals surface area contributed by atoms with Crippen LogP contribution in [-0.4, -0.2) is 35.5 Å². The average molecular weight is 719 g/mol. The molecule has 0 radical (unpaired) electrons. The van der Waals surface area contributed by atoms with Crippen LogP contribution >= 0.6 is 0 Å². The van der Waals surface area contributed by atoms with E-state index < -0.39 is 17.2 Å². The van der Waals surface area contributed by atoms with Crippen molar-refractivity contribution in [2.45, 2.75) is 180 Å². The SMILES string of the molecule is C=CC[C@](CCCCCCCCCCC)(COCc1ccccc1)OC(=O)/C=C/C[C@](O)(CCCCCCCCCCC)COCc1ccccc1. The Morgan fingerprint density at radius 3 is 1.54 bits per heavy atom. The number of esters is 1. The molecular formula is C47H74O5. The van der Waals surface area contributed by atoms with Crippen LogP contribution in [-0.2, 0) is 32.2 Å². The molecule has 0 aliphatic heterocycles. The Morgan fingerprint density at radius 2 is 1.06 bits per heavy atom. The lowest BCUT2D eigenvalue weighted by Crippen LogP contribution is -2.39.